The molecular formula is C21H14F2N2O3. The largest absolute Gasteiger partial charge is 0.454 e. The molecule has 2 heterocycles. The van der Waals surface area contributed by atoms with E-state index in [1.165, 1.54) is 11.0 Å². The Morgan fingerprint density at radius 1 is 0.929 bits per heavy atom. The Bertz CT molecular complexity index is 1100. The van der Waals surface area contributed by atoms with E-state index in [0.29, 0.717) is 22.7 Å². The molecule has 28 heavy (non-hydrogen) atoms. The fraction of sp³-hybridized carbons (Fsp3) is 0.0952. The molecule has 0 unspecified atom stereocenters. The quantitative estimate of drug-likeness (QED) is 0.713. The van der Waals surface area contributed by atoms with Crippen molar-refractivity contribution in [1.82, 2.24) is 0 Å². The van der Waals surface area contributed by atoms with Crippen LogP contribution in [0.25, 0.3) is 0 Å². The number of fused-ring (bicyclic) bond motifs is 2. The lowest BCUT2D eigenvalue weighted by Crippen LogP contribution is -2.43. The van der Waals surface area contributed by atoms with Crippen molar-refractivity contribution < 1.29 is 23.0 Å². The lowest BCUT2D eigenvalue weighted by molar-refractivity contribution is 0.0974. The summed E-state index contributed by atoms with van der Waals surface area (Å²) in [5.74, 6) is -1.13. The van der Waals surface area contributed by atoms with E-state index >= 15 is 0 Å². The number of rotatable bonds is 2. The number of hydrogen-bond donors (Lipinski definition) is 1. The highest BCUT2D eigenvalue weighted by Crippen LogP contribution is 2.40. The Morgan fingerprint density at radius 2 is 1.75 bits per heavy atom. The fourth-order valence-corrected chi connectivity index (χ4v) is 3.47. The van der Waals surface area contributed by atoms with Gasteiger partial charge in [0.25, 0.3) is 5.91 Å². The van der Waals surface area contributed by atoms with E-state index < -0.39 is 17.8 Å². The second-order valence-corrected chi connectivity index (χ2v) is 6.48. The van der Waals surface area contributed by atoms with Crippen LogP contribution >= 0.6 is 0 Å². The van der Waals surface area contributed by atoms with Crippen molar-refractivity contribution in [3.05, 3.63) is 83.4 Å². The van der Waals surface area contributed by atoms with Crippen molar-refractivity contribution in [3.63, 3.8) is 0 Å². The van der Waals surface area contributed by atoms with Gasteiger partial charge in [-0.05, 0) is 42.0 Å². The fourth-order valence-electron chi connectivity index (χ4n) is 3.47. The van der Waals surface area contributed by atoms with Crippen molar-refractivity contribution >= 4 is 17.3 Å². The molecule has 2 aliphatic heterocycles. The summed E-state index contributed by atoms with van der Waals surface area (Å²) in [7, 11) is 0. The number of benzene rings is 3. The van der Waals surface area contributed by atoms with E-state index in [-0.39, 0.29) is 18.4 Å². The summed E-state index contributed by atoms with van der Waals surface area (Å²) < 4.78 is 38.1. The van der Waals surface area contributed by atoms with Crippen molar-refractivity contribution in [2.75, 3.05) is 17.0 Å². The van der Waals surface area contributed by atoms with Gasteiger partial charge in [0, 0.05) is 17.4 Å². The van der Waals surface area contributed by atoms with Gasteiger partial charge in [-0.15, -0.1) is 0 Å². The average molecular weight is 380 g/mol. The monoisotopic (exact) mass is 380 g/mol. The number of nitrogens with one attached hydrogen (secondary N) is 1. The molecule has 3 aromatic rings. The zero-order chi connectivity index (χ0) is 19.3. The molecule has 0 fully saturated rings. The lowest BCUT2D eigenvalue weighted by atomic mass is 10.0. The van der Waals surface area contributed by atoms with Gasteiger partial charge in [-0.3, -0.25) is 9.69 Å². The second kappa shape index (κ2) is 6.23. The van der Waals surface area contributed by atoms with Crippen LogP contribution in [0.2, 0.25) is 0 Å². The van der Waals surface area contributed by atoms with Crippen molar-refractivity contribution in [2.45, 2.75) is 6.17 Å². The molecule has 0 radical (unpaired) electrons. The van der Waals surface area contributed by atoms with Crippen molar-refractivity contribution in [1.29, 1.82) is 0 Å². The van der Waals surface area contributed by atoms with Crippen molar-refractivity contribution in [2.24, 2.45) is 0 Å². The van der Waals surface area contributed by atoms with Gasteiger partial charge in [0.15, 0.2) is 23.1 Å². The molecule has 1 N–H and O–H groups in total. The van der Waals surface area contributed by atoms with E-state index in [1.807, 2.05) is 6.07 Å². The van der Waals surface area contributed by atoms with Crippen LogP contribution in [0.3, 0.4) is 0 Å². The Kier molecular flexibility index (Phi) is 3.68. The third-order valence-electron chi connectivity index (χ3n) is 4.82. The zero-order valence-corrected chi connectivity index (χ0v) is 14.5. The third-order valence-corrected chi connectivity index (χ3v) is 4.82. The number of para-hydroxylation sites is 1. The number of carbonyl (C=O) groups is 1. The van der Waals surface area contributed by atoms with Crippen LogP contribution in [-0.2, 0) is 0 Å². The normalized spacial score (nSPS) is 17.3. The summed E-state index contributed by atoms with van der Waals surface area (Å²) in [5.41, 5.74) is 2.07. The van der Waals surface area contributed by atoms with Crippen molar-refractivity contribution in [3.8, 4) is 11.5 Å². The number of hydrogen-bond acceptors (Lipinski definition) is 4. The summed E-state index contributed by atoms with van der Waals surface area (Å²) in [6, 6.07) is 15.8. The standard InChI is InChI=1S/C21H14F2N2O3/c22-15-7-6-13(10-16(15)23)25-20(12-5-8-18-19(9-12)28-11-27-18)24-17-4-2-1-3-14(17)21(25)26/h1-10,20,24H,11H2/t20-/m1/s1. The lowest BCUT2D eigenvalue weighted by Gasteiger charge is -2.38. The van der Waals surface area contributed by atoms with Gasteiger partial charge in [0.05, 0.1) is 5.56 Å². The molecule has 0 bridgehead atoms. The third kappa shape index (κ3) is 2.55. The molecule has 5 rings (SSSR count). The summed E-state index contributed by atoms with van der Waals surface area (Å²) in [6.45, 7) is 0.130. The minimum absolute atomic E-state index is 0.130. The average Bonchev–Trinajstić information content (AvgIpc) is 3.18. The van der Waals surface area contributed by atoms with Gasteiger partial charge in [-0.2, -0.15) is 0 Å². The second-order valence-electron chi connectivity index (χ2n) is 6.48. The molecule has 1 atom stereocenters. The maximum Gasteiger partial charge on any atom is 0.262 e. The number of amides is 1. The SMILES string of the molecule is O=C1c2ccccc2N[C@@H](c2ccc3c(c2)OCO3)N1c1ccc(F)c(F)c1. The predicted molar refractivity (Wildman–Crippen MR) is 98.5 cm³/mol. The first-order valence-electron chi connectivity index (χ1n) is 8.65. The molecule has 140 valence electrons. The number of halogens is 2. The summed E-state index contributed by atoms with van der Waals surface area (Å²) in [5, 5.41) is 3.31. The van der Waals surface area contributed by atoms with Crippen LogP contribution in [0, 0.1) is 11.6 Å². The Hall–Kier alpha value is -3.61. The summed E-state index contributed by atoms with van der Waals surface area (Å²) in [4.78, 5) is 14.6. The Labute approximate surface area is 159 Å². The van der Waals surface area contributed by atoms with Gasteiger partial charge < -0.3 is 14.8 Å². The van der Waals surface area contributed by atoms with Gasteiger partial charge in [0.2, 0.25) is 6.79 Å². The number of ether oxygens (including phenoxy) is 2. The topological polar surface area (TPSA) is 50.8 Å². The predicted octanol–water partition coefficient (Wildman–Crippen LogP) is 4.46. The highest BCUT2D eigenvalue weighted by atomic mass is 19.2. The van der Waals surface area contributed by atoms with Gasteiger partial charge in [-0.25, -0.2) is 8.78 Å². The molecular weight excluding hydrogens is 366 g/mol. The molecule has 0 saturated carbocycles. The Balaban J connectivity index is 1.65. The number of carbonyl (C=O) groups excluding carboxylic acids is 1. The molecule has 2 aliphatic rings. The minimum Gasteiger partial charge on any atom is -0.454 e. The summed E-state index contributed by atoms with van der Waals surface area (Å²) in [6.07, 6.45) is -0.637. The highest BCUT2D eigenvalue weighted by Gasteiger charge is 2.35. The van der Waals surface area contributed by atoms with Crippen LogP contribution in [0.1, 0.15) is 22.1 Å². The number of anilines is 2. The number of nitrogens with zero attached hydrogens (tertiary/aromatic N) is 1. The van der Waals surface area contributed by atoms with E-state index in [0.717, 1.165) is 17.7 Å². The molecule has 3 aromatic carbocycles. The molecule has 0 spiro atoms. The molecule has 7 heteroatoms. The first kappa shape index (κ1) is 16.6. The smallest absolute Gasteiger partial charge is 0.262 e. The van der Waals surface area contributed by atoms with E-state index in [9.17, 15) is 13.6 Å². The van der Waals surface area contributed by atoms with E-state index in [1.54, 1.807) is 36.4 Å². The van der Waals surface area contributed by atoms with E-state index in [2.05, 4.69) is 5.32 Å². The maximum absolute atomic E-state index is 13.9. The zero-order valence-electron chi connectivity index (χ0n) is 14.5. The molecule has 5 nitrogen and oxygen atoms in total. The minimum atomic E-state index is -1.02. The first-order chi connectivity index (χ1) is 13.6. The van der Waals surface area contributed by atoms with Gasteiger partial charge >= 0.3 is 0 Å². The van der Waals surface area contributed by atoms with Crippen LogP contribution in [0.15, 0.2) is 60.7 Å². The van der Waals surface area contributed by atoms with Gasteiger partial charge in [0.1, 0.15) is 6.17 Å². The van der Waals surface area contributed by atoms with Crippen LogP contribution < -0.4 is 19.7 Å². The molecule has 0 aromatic heterocycles. The Morgan fingerprint density at radius 3 is 2.61 bits per heavy atom. The highest BCUT2D eigenvalue weighted by molar-refractivity contribution is 6.12. The van der Waals surface area contributed by atoms with Crippen LogP contribution in [0.4, 0.5) is 20.2 Å². The summed E-state index contributed by atoms with van der Waals surface area (Å²) >= 11 is 0. The maximum atomic E-state index is 13.9. The molecule has 0 aliphatic carbocycles. The molecule has 0 saturated heterocycles. The van der Waals surface area contributed by atoms with Crippen LogP contribution in [0.5, 0.6) is 11.5 Å². The molecule has 1 amide bonds. The first-order valence-corrected chi connectivity index (χ1v) is 8.65. The van der Waals surface area contributed by atoms with Crippen LogP contribution in [-0.4, -0.2) is 12.7 Å². The van der Waals surface area contributed by atoms with Gasteiger partial charge in [-0.1, -0.05) is 18.2 Å². The van der Waals surface area contributed by atoms with E-state index in [4.69, 9.17) is 9.47 Å².